The summed E-state index contributed by atoms with van der Waals surface area (Å²) in [7, 11) is 0. The molecule has 3 aliphatic carbocycles. The minimum absolute atomic E-state index is 0.214. The van der Waals surface area contributed by atoms with Crippen LogP contribution in [-0.4, -0.2) is 81.0 Å². The average molecular weight is 771 g/mol. The van der Waals surface area contributed by atoms with Gasteiger partial charge in [-0.1, -0.05) is 26.7 Å². The maximum atomic E-state index is 13.3. The Morgan fingerprint density at radius 2 is 1.12 bits per heavy atom. The lowest BCUT2D eigenvalue weighted by atomic mass is 9.98. The van der Waals surface area contributed by atoms with Crippen LogP contribution in [0.2, 0.25) is 0 Å². The molecule has 8 heteroatoms. The summed E-state index contributed by atoms with van der Waals surface area (Å²) in [5.74, 6) is 3.67. The van der Waals surface area contributed by atoms with E-state index in [0.29, 0.717) is 0 Å². The minimum atomic E-state index is 0.214. The van der Waals surface area contributed by atoms with Crippen molar-refractivity contribution in [3.63, 3.8) is 0 Å². The van der Waals surface area contributed by atoms with Crippen molar-refractivity contribution in [2.45, 2.75) is 136 Å². The lowest BCUT2D eigenvalue weighted by Crippen LogP contribution is -2.38. The molecule has 57 heavy (non-hydrogen) atoms. The van der Waals surface area contributed by atoms with Crippen molar-refractivity contribution in [2.75, 3.05) is 39.3 Å². The van der Waals surface area contributed by atoms with Crippen LogP contribution in [0.25, 0.3) is 21.8 Å². The highest BCUT2D eigenvalue weighted by Gasteiger charge is 2.33. The van der Waals surface area contributed by atoms with Gasteiger partial charge in [0.25, 0.3) is 11.8 Å². The third-order valence-corrected chi connectivity index (χ3v) is 15.2. The van der Waals surface area contributed by atoms with E-state index in [1.54, 1.807) is 5.69 Å². The van der Waals surface area contributed by atoms with Crippen LogP contribution < -0.4 is 5.32 Å². The third kappa shape index (κ3) is 7.70. The highest BCUT2D eigenvalue weighted by Crippen LogP contribution is 2.39. The second-order valence-electron chi connectivity index (χ2n) is 19.5. The molecule has 7 aliphatic rings. The largest absolute Gasteiger partial charge is 0.344 e. The number of hydrogen-bond donors (Lipinski definition) is 1. The fourth-order valence-electron chi connectivity index (χ4n) is 11.0. The van der Waals surface area contributed by atoms with Crippen LogP contribution in [0.15, 0.2) is 36.4 Å². The van der Waals surface area contributed by atoms with Gasteiger partial charge in [0.1, 0.15) is 0 Å². The summed E-state index contributed by atoms with van der Waals surface area (Å²) >= 11 is 0. The fraction of sp³-hybridized carbons (Fsp3) is 0.633. The molecule has 0 radical (unpaired) electrons. The molecule has 2 amide bonds. The second kappa shape index (κ2) is 15.9. The Kier molecular flexibility index (Phi) is 10.5. The number of carbonyl (C=O) groups is 2. The van der Waals surface area contributed by atoms with Crippen LogP contribution in [0.4, 0.5) is 0 Å². The normalized spacial score (nSPS) is 22.5. The number of amides is 2. The van der Waals surface area contributed by atoms with Gasteiger partial charge >= 0.3 is 0 Å². The zero-order valence-corrected chi connectivity index (χ0v) is 34.9. The summed E-state index contributed by atoms with van der Waals surface area (Å²) in [6.45, 7) is 14.8. The molecular formula is C49H66N6O2. The van der Waals surface area contributed by atoms with Crippen molar-refractivity contribution in [1.82, 2.24) is 29.2 Å². The molecule has 2 saturated heterocycles. The van der Waals surface area contributed by atoms with Gasteiger partial charge in [-0.15, -0.1) is 0 Å². The molecule has 304 valence electrons. The highest BCUT2D eigenvalue weighted by molar-refractivity contribution is 6.00. The maximum absolute atomic E-state index is 13.3. The van der Waals surface area contributed by atoms with Crippen LogP contribution in [0.3, 0.4) is 0 Å². The van der Waals surface area contributed by atoms with E-state index in [4.69, 9.17) is 0 Å². The van der Waals surface area contributed by atoms with Crippen LogP contribution in [-0.2, 0) is 39.0 Å². The summed E-state index contributed by atoms with van der Waals surface area (Å²) in [6, 6.07) is 13.8. The molecule has 3 saturated carbocycles. The molecular weight excluding hydrogens is 705 g/mol. The van der Waals surface area contributed by atoms with Gasteiger partial charge in [0, 0.05) is 129 Å². The van der Waals surface area contributed by atoms with E-state index in [-0.39, 0.29) is 11.8 Å². The van der Waals surface area contributed by atoms with Crippen molar-refractivity contribution < 1.29 is 9.59 Å². The lowest BCUT2D eigenvalue weighted by Gasteiger charge is -2.33. The third-order valence-electron chi connectivity index (χ3n) is 15.2. The van der Waals surface area contributed by atoms with E-state index in [9.17, 15) is 9.59 Å². The Morgan fingerprint density at radius 1 is 0.614 bits per heavy atom. The van der Waals surface area contributed by atoms with Gasteiger partial charge in [0.05, 0.1) is 0 Å². The Balaban J connectivity index is 0.000000141. The molecule has 5 fully saturated rings. The number of fused-ring (bicyclic) bond motifs is 6. The quantitative estimate of drug-likeness (QED) is 0.204. The number of piperidine rings is 2. The standard InChI is InChI=1S/C27H37N3O.C22H29N3O/c1-19-10-13-28(14-11-19)27(31)21-8-9-25-23(16-21)24-18-29(22-4-2-3-5-22)15-12-26(24)30(25)17-20-6-7-20;1-15-7-10-24(11-8-15)22(26)17-4-5-20-18(12-17)19-13-23-9-6-21(19)25(20)14-16-2-3-16/h8-9,16,19-20,22H,2-7,10-15,17-18H2,1H3;4-5,12,15-16,23H,2-3,6-11,13-14H2,1H3. The molecule has 4 aromatic rings. The van der Waals surface area contributed by atoms with Gasteiger partial charge in [-0.2, -0.15) is 0 Å². The zero-order chi connectivity index (χ0) is 38.6. The number of benzene rings is 2. The van der Waals surface area contributed by atoms with E-state index in [1.807, 2.05) is 4.90 Å². The molecule has 0 atom stereocenters. The second-order valence-corrected chi connectivity index (χ2v) is 19.5. The molecule has 11 rings (SSSR count). The van der Waals surface area contributed by atoms with Crippen LogP contribution in [0.5, 0.6) is 0 Å². The van der Waals surface area contributed by atoms with Crippen molar-refractivity contribution in [1.29, 1.82) is 0 Å². The Hall–Kier alpha value is -3.62. The van der Waals surface area contributed by atoms with Crippen molar-refractivity contribution in [3.05, 3.63) is 70.0 Å². The number of likely N-dealkylation sites (tertiary alicyclic amines) is 2. The molecule has 2 aromatic heterocycles. The van der Waals surface area contributed by atoms with E-state index >= 15 is 0 Å². The van der Waals surface area contributed by atoms with E-state index in [2.05, 4.69) is 74.5 Å². The monoisotopic (exact) mass is 771 g/mol. The predicted octanol–water partition coefficient (Wildman–Crippen LogP) is 8.79. The van der Waals surface area contributed by atoms with Gasteiger partial charge in [-0.3, -0.25) is 14.5 Å². The molecule has 1 N–H and O–H groups in total. The first-order valence-electron chi connectivity index (χ1n) is 23.2. The number of nitrogens with one attached hydrogen (secondary N) is 1. The SMILES string of the molecule is CC1CCN(C(=O)c2ccc3c(c2)c2c(n3CC3CC3)CCN(C3CCCC3)C2)CC1.CC1CCN(C(=O)c2ccc3c(c2)c2c(n3CC3CC3)CCNC2)CC1. The maximum Gasteiger partial charge on any atom is 0.253 e. The number of hydrogen-bond acceptors (Lipinski definition) is 4. The summed E-state index contributed by atoms with van der Waals surface area (Å²) in [6.07, 6.45) is 17.8. The highest BCUT2D eigenvalue weighted by atomic mass is 16.2. The first kappa shape index (κ1) is 37.6. The van der Waals surface area contributed by atoms with Crippen molar-refractivity contribution in [2.24, 2.45) is 23.7 Å². The Labute approximate surface area is 340 Å². The minimum Gasteiger partial charge on any atom is -0.344 e. The van der Waals surface area contributed by atoms with E-state index < -0.39 is 0 Å². The van der Waals surface area contributed by atoms with Gasteiger partial charge in [-0.05, 0) is 135 Å². The van der Waals surface area contributed by atoms with Gasteiger partial charge in [-0.25, -0.2) is 0 Å². The smallest absolute Gasteiger partial charge is 0.253 e. The molecule has 0 unspecified atom stereocenters. The van der Waals surface area contributed by atoms with Gasteiger partial charge in [0.2, 0.25) is 0 Å². The van der Waals surface area contributed by atoms with E-state index in [0.717, 1.165) is 125 Å². The molecule has 6 heterocycles. The molecule has 4 aliphatic heterocycles. The van der Waals surface area contributed by atoms with Crippen molar-refractivity contribution >= 4 is 33.6 Å². The average Bonchev–Trinajstić information content (AvgIpc) is 4.14. The molecule has 2 aromatic carbocycles. The number of aromatic nitrogens is 2. The summed E-state index contributed by atoms with van der Waals surface area (Å²) in [5.41, 5.74) is 10.5. The van der Waals surface area contributed by atoms with Crippen molar-refractivity contribution in [3.8, 4) is 0 Å². The predicted molar refractivity (Wildman–Crippen MR) is 230 cm³/mol. The number of carbonyl (C=O) groups excluding carboxylic acids is 2. The lowest BCUT2D eigenvalue weighted by molar-refractivity contribution is 0.0689. The zero-order valence-electron chi connectivity index (χ0n) is 34.9. The van der Waals surface area contributed by atoms with Crippen LogP contribution in [0.1, 0.15) is 134 Å². The van der Waals surface area contributed by atoms with E-state index in [1.165, 1.54) is 110 Å². The van der Waals surface area contributed by atoms with Crippen LogP contribution >= 0.6 is 0 Å². The fourth-order valence-corrected chi connectivity index (χ4v) is 11.0. The number of rotatable bonds is 7. The Morgan fingerprint density at radius 3 is 1.65 bits per heavy atom. The first-order chi connectivity index (χ1) is 27.9. The molecule has 0 bridgehead atoms. The molecule has 8 nitrogen and oxygen atoms in total. The first-order valence-corrected chi connectivity index (χ1v) is 23.2. The summed E-state index contributed by atoms with van der Waals surface area (Å²) in [4.78, 5) is 33.2. The number of nitrogens with zero attached hydrogens (tertiary/aromatic N) is 5. The van der Waals surface area contributed by atoms with Gasteiger partial charge in [0.15, 0.2) is 0 Å². The topological polar surface area (TPSA) is 65.8 Å². The molecule has 0 spiro atoms. The van der Waals surface area contributed by atoms with Crippen LogP contribution in [0, 0.1) is 23.7 Å². The summed E-state index contributed by atoms with van der Waals surface area (Å²) < 4.78 is 5.19. The Bertz CT molecular complexity index is 2120. The summed E-state index contributed by atoms with van der Waals surface area (Å²) in [5, 5.41) is 6.18. The van der Waals surface area contributed by atoms with Gasteiger partial charge < -0.3 is 24.3 Å².